The SMILES string of the molecule is CCC(C(=O)OCC(C)C)n1ccc2cc(C)ccc21. The molecule has 0 bridgehead atoms. The summed E-state index contributed by atoms with van der Waals surface area (Å²) >= 11 is 0. The van der Waals surface area contributed by atoms with Crippen molar-refractivity contribution < 1.29 is 9.53 Å². The number of hydrogen-bond acceptors (Lipinski definition) is 2. The monoisotopic (exact) mass is 273 g/mol. The van der Waals surface area contributed by atoms with E-state index in [1.165, 1.54) is 10.9 Å². The van der Waals surface area contributed by atoms with E-state index in [1.54, 1.807) is 0 Å². The molecule has 0 saturated heterocycles. The molecule has 108 valence electrons. The lowest BCUT2D eigenvalue weighted by molar-refractivity contribution is -0.148. The van der Waals surface area contributed by atoms with Crippen LogP contribution >= 0.6 is 0 Å². The molecule has 0 amide bonds. The summed E-state index contributed by atoms with van der Waals surface area (Å²) < 4.78 is 7.42. The zero-order valence-electron chi connectivity index (χ0n) is 12.7. The normalized spacial score (nSPS) is 12.8. The lowest BCUT2D eigenvalue weighted by Crippen LogP contribution is -2.22. The Morgan fingerprint density at radius 2 is 2.05 bits per heavy atom. The van der Waals surface area contributed by atoms with Crippen molar-refractivity contribution in [1.29, 1.82) is 0 Å². The maximum Gasteiger partial charge on any atom is 0.329 e. The first-order valence-corrected chi connectivity index (χ1v) is 7.26. The zero-order valence-corrected chi connectivity index (χ0v) is 12.7. The third kappa shape index (κ3) is 3.03. The van der Waals surface area contributed by atoms with Crippen molar-refractivity contribution in [2.45, 2.75) is 40.2 Å². The van der Waals surface area contributed by atoms with Crippen molar-refractivity contribution in [1.82, 2.24) is 4.57 Å². The van der Waals surface area contributed by atoms with Gasteiger partial charge in [-0.2, -0.15) is 0 Å². The minimum absolute atomic E-state index is 0.140. The molecular formula is C17H23NO2. The van der Waals surface area contributed by atoms with Crippen LogP contribution in [-0.2, 0) is 9.53 Å². The molecule has 1 atom stereocenters. The van der Waals surface area contributed by atoms with Crippen LogP contribution in [-0.4, -0.2) is 17.1 Å². The number of aromatic nitrogens is 1. The topological polar surface area (TPSA) is 31.2 Å². The zero-order chi connectivity index (χ0) is 14.7. The minimum Gasteiger partial charge on any atom is -0.464 e. The quantitative estimate of drug-likeness (QED) is 0.768. The molecule has 0 aliphatic rings. The van der Waals surface area contributed by atoms with E-state index in [0.717, 1.165) is 11.9 Å². The fraction of sp³-hybridized carbons (Fsp3) is 0.471. The van der Waals surface area contributed by atoms with Gasteiger partial charge in [0, 0.05) is 11.7 Å². The summed E-state index contributed by atoms with van der Waals surface area (Å²) in [6, 6.07) is 8.10. The highest BCUT2D eigenvalue weighted by molar-refractivity contribution is 5.84. The highest BCUT2D eigenvalue weighted by Gasteiger charge is 2.21. The number of benzene rings is 1. The Balaban J connectivity index is 2.27. The Bertz CT molecular complexity index is 598. The highest BCUT2D eigenvalue weighted by atomic mass is 16.5. The Labute approximate surface area is 120 Å². The van der Waals surface area contributed by atoms with Gasteiger partial charge in [0.15, 0.2) is 0 Å². The van der Waals surface area contributed by atoms with Gasteiger partial charge in [-0.3, -0.25) is 0 Å². The first-order chi connectivity index (χ1) is 9.52. The van der Waals surface area contributed by atoms with Gasteiger partial charge in [0.25, 0.3) is 0 Å². The summed E-state index contributed by atoms with van der Waals surface area (Å²) in [6.45, 7) is 8.66. The largest absolute Gasteiger partial charge is 0.464 e. The summed E-state index contributed by atoms with van der Waals surface area (Å²) in [5.41, 5.74) is 2.31. The van der Waals surface area contributed by atoms with E-state index in [2.05, 4.69) is 31.2 Å². The second kappa shape index (κ2) is 6.12. The van der Waals surface area contributed by atoms with Crippen molar-refractivity contribution in [2.24, 2.45) is 5.92 Å². The molecule has 1 heterocycles. The van der Waals surface area contributed by atoms with Crippen LogP contribution < -0.4 is 0 Å². The van der Waals surface area contributed by atoms with E-state index in [-0.39, 0.29) is 12.0 Å². The lowest BCUT2D eigenvalue weighted by atomic mass is 10.1. The smallest absolute Gasteiger partial charge is 0.329 e. The maximum atomic E-state index is 12.2. The molecular weight excluding hydrogens is 250 g/mol. The number of esters is 1. The predicted octanol–water partition coefficient (Wildman–Crippen LogP) is 4.10. The Morgan fingerprint density at radius 1 is 1.30 bits per heavy atom. The van der Waals surface area contributed by atoms with Gasteiger partial charge >= 0.3 is 5.97 Å². The molecule has 0 fully saturated rings. The Hall–Kier alpha value is -1.77. The molecule has 1 unspecified atom stereocenters. The first-order valence-electron chi connectivity index (χ1n) is 7.26. The molecule has 1 aromatic carbocycles. The van der Waals surface area contributed by atoms with Gasteiger partial charge in [0.2, 0.25) is 0 Å². The molecule has 0 aliphatic carbocycles. The highest BCUT2D eigenvalue weighted by Crippen LogP contribution is 2.24. The molecule has 2 rings (SSSR count). The standard InChI is InChI=1S/C17H23NO2/c1-5-15(17(19)20-11-12(2)3)18-9-8-14-10-13(4)6-7-16(14)18/h6-10,12,15H,5,11H2,1-4H3. The molecule has 2 aromatic rings. The van der Waals surface area contributed by atoms with Crippen LogP contribution in [0.4, 0.5) is 0 Å². The minimum atomic E-state index is -0.242. The number of hydrogen-bond donors (Lipinski definition) is 0. The van der Waals surface area contributed by atoms with Crippen molar-refractivity contribution in [2.75, 3.05) is 6.61 Å². The van der Waals surface area contributed by atoms with Gasteiger partial charge in [0.1, 0.15) is 6.04 Å². The van der Waals surface area contributed by atoms with E-state index in [1.807, 2.05) is 31.5 Å². The van der Waals surface area contributed by atoms with Crippen molar-refractivity contribution in [3.8, 4) is 0 Å². The van der Waals surface area contributed by atoms with E-state index in [9.17, 15) is 4.79 Å². The Kier molecular flexibility index (Phi) is 4.48. The molecule has 0 spiro atoms. The van der Waals surface area contributed by atoms with E-state index >= 15 is 0 Å². The van der Waals surface area contributed by atoms with Gasteiger partial charge in [-0.1, -0.05) is 32.4 Å². The molecule has 0 aliphatic heterocycles. The number of carbonyl (C=O) groups is 1. The van der Waals surface area contributed by atoms with Crippen LogP contribution in [0, 0.1) is 12.8 Å². The number of aryl methyl sites for hydroxylation is 1. The maximum absolute atomic E-state index is 12.2. The average Bonchev–Trinajstić information content (AvgIpc) is 2.80. The fourth-order valence-corrected chi connectivity index (χ4v) is 2.38. The van der Waals surface area contributed by atoms with Crippen molar-refractivity contribution >= 4 is 16.9 Å². The van der Waals surface area contributed by atoms with Crippen LogP contribution in [0.15, 0.2) is 30.5 Å². The van der Waals surface area contributed by atoms with Crippen LogP contribution in [0.25, 0.3) is 10.9 Å². The average molecular weight is 273 g/mol. The van der Waals surface area contributed by atoms with Gasteiger partial charge in [0.05, 0.1) is 6.61 Å². The molecule has 3 heteroatoms. The molecule has 0 N–H and O–H groups in total. The lowest BCUT2D eigenvalue weighted by Gasteiger charge is -2.18. The number of rotatable bonds is 5. The molecule has 0 saturated carbocycles. The molecule has 3 nitrogen and oxygen atoms in total. The second-order valence-corrected chi connectivity index (χ2v) is 5.73. The number of fused-ring (bicyclic) bond motifs is 1. The predicted molar refractivity (Wildman–Crippen MR) is 81.8 cm³/mol. The van der Waals surface area contributed by atoms with Crippen molar-refractivity contribution in [3.05, 3.63) is 36.0 Å². The van der Waals surface area contributed by atoms with Crippen LogP contribution in [0.5, 0.6) is 0 Å². The van der Waals surface area contributed by atoms with Crippen LogP contribution in [0.3, 0.4) is 0 Å². The molecule has 1 aromatic heterocycles. The summed E-state index contributed by atoms with van der Waals surface area (Å²) in [6.07, 6.45) is 2.71. The van der Waals surface area contributed by atoms with Gasteiger partial charge in [-0.05, 0) is 42.8 Å². The number of carbonyl (C=O) groups excluding carboxylic acids is 1. The van der Waals surface area contributed by atoms with Gasteiger partial charge in [-0.15, -0.1) is 0 Å². The van der Waals surface area contributed by atoms with E-state index in [0.29, 0.717) is 12.5 Å². The third-order valence-electron chi connectivity index (χ3n) is 3.43. The van der Waals surface area contributed by atoms with Crippen molar-refractivity contribution in [3.63, 3.8) is 0 Å². The summed E-state index contributed by atoms with van der Waals surface area (Å²) in [5, 5.41) is 1.17. The molecule has 20 heavy (non-hydrogen) atoms. The Morgan fingerprint density at radius 3 is 2.70 bits per heavy atom. The number of ether oxygens (including phenoxy) is 1. The van der Waals surface area contributed by atoms with E-state index < -0.39 is 0 Å². The number of nitrogens with zero attached hydrogens (tertiary/aromatic N) is 1. The second-order valence-electron chi connectivity index (χ2n) is 5.73. The van der Waals surface area contributed by atoms with Crippen LogP contribution in [0.2, 0.25) is 0 Å². The summed E-state index contributed by atoms with van der Waals surface area (Å²) in [5.74, 6) is 0.222. The van der Waals surface area contributed by atoms with Crippen LogP contribution in [0.1, 0.15) is 38.8 Å². The van der Waals surface area contributed by atoms with Gasteiger partial charge < -0.3 is 9.30 Å². The van der Waals surface area contributed by atoms with E-state index in [4.69, 9.17) is 4.74 Å². The van der Waals surface area contributed by atoms with Gasteiger partial charge in [-0.25, -0.2) is 4.79 Å². The summed E-state index contributed by atoms with van der Waals surface area (Å²) in [4.78, 5) is 12.2. The first kappa shape index (κ1) is 14.6. The molecule has 0 radical (unpaired) electrons. The third-order valence-corrected chi connectivity index (χ3v) is 3.43. The summed E-state index contributed by atoms with van der Waals surface area (Å²) in [7, 11) is 0. The fourth-order valence-electron chi connectivity index (χ4n) is 2.38.